The normalized spacial score (nSPS) is 14.7. The molecule has 2 N–H and O–H groups in total. The van der Waals surface area contributed by atoms with Crippen LogP contribution in [0.5, 0.6) is 5.75 Å². The Morgan fingerprint density at radius 1 is 1.35 bits per heavy atom. The van der Waals surface area contributed by atoms with Crippen molar-refractivity contribution in [2.45, 2.75) is 0 Å². The molecule has 1 amide bonds. The Morgan fingerprint density at radius 2 is 2.05 bits per heavy atom. The molecular weight excluding hydrogens is 301 g/mol. The number of ether oxygens (including phenoxy) is 1. The van der Waals surface area contributed by atoms with Gasteiger partial charge in [-0.05, 0) is 12.1 Å². The van der Waals surface area contributed by atoms with E-state index < -0.39 is 0 Å². The Labute approximate surface area is 131 Å². The minimum atomic E-state index is 0. The first-order chi connectivity index (χ1) is 8.78. The molecule has 1 aromatic rings. The number of hydrogen-bond donors (Lipinski definition) is 2. The summed E-state index contributed by atoms with van der Waals surface area (Å²) in [4.78, 5) is 14.0. The number of piperazine rings is 1. The van der Waals surface area contributed by atoms with Crippen molar-refractivity contribution in [1.29, 1.82) is 0 Å². The van der Waals surface area contributed by atoms with Crippen LogP contribution in [0.1, 0.15) is 0 Å². The van der Waals surface area contributed by atoms with Crippen LogP contribution in [0, 0.1) is 0 Å². The van der Waals surface area contributed by atoms with E-state index in [4.69, 9.17) is 4.74 Å². The molecule has 114 valence electrons. The Balaban J connectivity index is 0.00000180. The maximum atomic E-state index is 11.9. The maximum absolute atomic E-state index is 11.9. The van der Waals surface area contributed by atoms with Crippen molar-refractivity contribution in [3.05, 3.63) is 24.3 Å². The molecule has 2 rings (SSSR count). The second kappa shape index (κ2) is 9.83. The van der Waals surface area contributed by atoms with Crippen molar-refractivity contribution >= 4 is 36.4 Å². The summed E-state index contributed by atoms with van der Waals surface area (Å²) in [5.74, 6) is 0.764. The fourth-order valence-corrected chi connectivity index (χ4v) is 1.97. The lowest BCUT2D eigenvalue weighted by Gasteiger charge is -2.26. The first kappa shape index (κ1) is 19.0. The van der Waals surface area contributed by atoms with Crippen molar-refractivity contribution < 1.29 is 9.53 Å². The summed E-state index contributed by atoms with van der Waals surface area (Å²) >= 11 is 0. The zero-order valence-electron chi connectivity index (χ0n) is 11.4. The van der Waals surface area contributed by atoms with E-state index in [0.717, 1.165) is 37.6 Å². The van der Waals surface area contributed by atoms with Gasteiger partial charge in [-0.15, -0.1) is 24.8 Å². The summed E-state index contributed by atoms with van der Waals surface area (Å²) in [6.07, 6.45) is 0. The smallest absolute Gasteiger partial charge is 0.238 e. The van der Waals surface area contributed by atoms with E-state index in [2.05, 4.69) is 15.5 Å². The molecule has 1 heterocycles. The van der Waals surface area contributed by atoms with Gasteiger partial charge in [0, 0.05) is 37.9 Å². The van der Waals surface area contributed by atoms with Crippen molar-refractivity contribution in [2.75, 3.05) is 45.2 Å². The van der Waals surface area contributed by atoms with Gasteiger partial charge in [-0.2, -0.15) is 0 Å². The van der Waals surface area contributed by atoms with E-state index in [0.29, 0.717) is 6.54 Å². The van der Waals surface area contributed by atoms with Gasteiger partial charge >= 0.3 is 0 Å². The number of carbonyl (C=O) groups excluding carboxylic acids is 1. The number of rotatable bonds is 4. The van der Waals surface area contributed by atoms with E-state index in [9.17, 15) is 4.79 Å². The van der Waals surface area contributed by atoms with Crippen LogP contribution in [0.25, 0.3) is 0 Å². The monoisotopic (exact) mass is 321 g/mol. The lowest BCUT2D eigenvalue weighted by Crippen LogP contribution is -2.46. The number of amides is 1. The molecule has 0 unspecified atom stereocenters. The van der Waals surface area contributed by atoms with Gasteiger partial charge < -0.3 is 15.4 Å². The molecule has 1 saturated heterocycles. The minimum absolute atomic E-state index is 0. The van der Waals surface area contributed by atoms with Crippen molar-refractivity contribution in [2.24, 2.45) is 0 Å². The number of nitrogens with zero attached hydrogens (tertiary/aromatic N) is 1. The SMILES string of the molecule is COc1cccc(NC(=O)CN2CCNCC2)c1.Cl.Cl. The third-order valence-corrected chi connectivity index (χ3v) is 2.93. The van der Waals surface area contributed by atoms with Gasteiger partial charge in [0.1, 0.15) is 5.75 Å². The van der Waals surface area contributed by atoms with Crippen LogP contribution in [-0.2, 0) is 4.79 Å². The minimum Gasteiger partial charge on any atom is -0.497 e. The van der Waals surface area contributed by atoms with Crippen LogP contribution in [0.15, 0.2) is 24.3 Å². The highest BCUT2D eigenvalue weighted by atomic mass is 35.5. The molecule has 0 aromatic heterocycles. The van der Waals surface area contributed by atoms with Gasteiger partial charge in [-0.25, -0.2) is 0 Å². The molecule has 0 bridgehead atoms. The van der Waals surface area contributed by atoms with Gasteiger partial charge in [0.15, 0.2) is 0 Å². The number of methoxy groups -OCH3 is 1. The number of carbonyl (C=O) groups is 1. The van der Waals surface area contributed by atoms with Crippen molar-refractivity contribution in [1.82, 2.24) is 10.2 Å². The van der Waals surface area contributed by atoms with E-state index in [1.165, 1.54) is 0 Å². The highest BCUT2D eigenvalue weighted by molar-refractivity contribution is 5.92. The summed E-state index contributed by atoms with van der Waals surface area (Å²) in [5, 5.41) is 6.15. The van der Waals surface area contributed by atoms with Gasteiger partial charge in [0.05, 0.1) is 13.7 Å². The Hall–Kier alpha value is -1.01. The van der Waals surface area contributed by atoms with Crippen LogP contribution in [-0.4, -0.2) is 50.6 Å². The second-order valence-electron chi connectivity index (χ2n) is 4.31. The maximum Gasteiger partial charge on any atom is 0.238 e. The van der Waals surface area contributed by atoms with Gasteiger partial charge in [-0.1, -0.05) is 6.07 Å². The topological polar surface area (TPSA) is 53.6 Å². The largest absolute Gasteiger partial charge is 0.497 e. The fourth-order valence-electron chi connectivity index (χ4n) is 1.97. The number of nitrogens with one attached hydrogen (secondary N) is 2. The molecule has 0 radical (unpaired) electrons. The van der Waals surface area contributed by atoms with E-state index in [-0.39, 0.29) is 30.7 Å². The summed E-state index contributed by atoms with van der Waals surface area (Å²) in [7, 11) is 1.61. The Morgan fingerprint density at radius 3 is 2.70 bits per heavy atom. The molecule has 0 atom stereocenters. The third kappa shape index (κ3) is 5.96. The third-order valence-electron chi connectivity index (χ3n) is 2.93. The number of halogens is 2. The quantitative estimate of drug-likeness (QED) is 0.879. The molecule has 0 saturated carbocycles. The number of hydrogen-bond acceptors (Lipinski definition) is 4. The lowest BCUT2D eigenvalue weighted by molar-refractivity contribution is -0.117. The lowest BCUT2D eigenvalue weighted by atomic mass is 10.3. The molecule has 1 aliphatic heterocycles. The standard InChI is InChI=1S/C13H19N3O2.2ClH/c1-18-12-4-2-3-11(9-12)15-13(17)10-16-7-5-14-6-8-16;;/h2-4,9,14H,5-8,10H2,1H3,(H,15,17);2*1H. The molecule has 0 aliphatic carbocycles. The summed E-state index contributed by atoms with van der Waals surface area (Å²) in [6, 6.07) is 7.39. The van der Waals surface area contributed by atoms with Gasteiger partial charge in [0.25, 0.3) is 0 Å². The number of benzene rings is 1. The van der Waals surface area contributed by atoms with Crippen LogP contribution in [0.4, 0.5) is 5.69 Å². The summed E-state index contributed by atoms with van der Waals surface area (Å²) < 4.78 is 5.12. The molecule has 1 aliphatic rings. The Bertz CT molecular complexity index is 412. The van der Waals surface area contributed by atoms with E-state index >= 15 is 0 Å². The van der Waals surface area contributed by atoms with Crippen LogP contribution < -0.4 is 15.4 Å². The highest BCUT2D eigenvalue weighted by Gasteiger charge is 2.13. The average molecular weight is 322 g/mol. The molecule has 5 nitrogen and oxygen atoms in total. The Kier molecular flexibility index (Phi) is 9.33. The van der Waals surface area contributed by atoms with Crippen LogP contribution in [0.2, 0.25) is 0 Å². The second-order valence-corrected chi connectivity index (χ2v) is 4.31. The van der Waals surface area contributed by atoms with Crippen molar-refractivity contribution in [3.8, 4) is 5.75 Å². The average Bonchev–Trinajstić information content (AvgIpc) is 2.40. The number of anilines is 1. The predicted molar refractivity (Wildman–Crippen MR) is 85.4 cm³/mol. The van der Waals surface area contributed by atoms with E-state index in [1.807, 2.05) is 24.3 Å². The first-order valence-corrected chi connectivity index (χ1v) is 6.15. The van der Waals surface area contributed by atoms with Crippen LogP contribution in [0.3, 0.4) is 0 Å². The van der Waals surface area contributed by atoms with Crippen LogP contribution >= 0.6 is 24.8 Å². The predicted octanol–water partition coefficient (Wildman–Crippen LogP) is 1.38. The molecular formula is C13H21Cl2N3O2. The summed E-state index contributed by atoms with van der Waals surface area (Å²) in [6.45, 7) is 4.19. The molecule has 0 spiro atoms. The van der Waals surface area contributed by atoms with Gasteiger partial charge in [-0.3, -0.25) is 9.69 Å². The zero-order valence-corrected chi connectivity index (χ0v) is 13.1. The highest BCUT2D eigenvalue weighted by Crippen LogP contribution is 2.16. The first-order valence-electron chi connectivity index (χ1n) is 6.15. The fraction of sp³-hybridized carbons (Fsp3) is 0.462. The van der Waals surface area contributed by atoms with E-state index in [1.54, 1.807) is 7.11 Å². The summed E-state index contributed by atoms with van der Waals surface area (Å²) in [5.41, 5.74) is 0.773. The molecule has 7 heteroatoms. The van der Waals surface area contributed by atoms with Gasteiger partial charge in [0.2, 0.25) is 5.91 Å². The zero-order chi connectivity index (χ0) is 12.8. The van der Waals surface area contributed by atoms with Crippen molar-refractivity contribution in [3.63, 3.8) is 0 Å². The molecule has 1 aromatic carbocycles. The molecule has 20 heavy (non-hydrogen) atoms. The molecule has 1 fully saturated rings.